The maximum Gasteiger partial charge on any atom is 0.251 e. The van der Waals surface area contributed by atoms with Crippen LogP contribution in [0.25, 0.3) is 0 Å². The quantitative estimate of drug-likeness (QED) is 0.814. The molecule has 106 valence electrons. The molecule has 0 bridgehead atoms. The molecule has 0 radical (unpaired) electrons. The number of hydrogen-bond acceptors (Lipinski definition) is 4. The number of nitrogens with two attached hydrogens (primary N) is 1. The number of carbonyl (C=O) groups is 1. The van der Waals surface area contributed by atoms with Crippen LogP contribution < -0.4 is 11.1 Å². The van der Waals surface area contributed by atoms with Crippen LogP contribution >= 0.6 is 0 Å². The lowest BCUT2D eigenvalue weighted by atomic mass is 10.1. The summed E-state index contributed by atoms with van der Waals surface area (Å²) < 4.78 is 22.6. The largest absolute Gasteiger partial charge is 0.350 e. The molecule has 0 heterocycles. The van der Waals surface area contributed by atoms with Gasteiger partial charge in [-0.3, -0.25) is 4.79 Å². The molecule has 1 aromatic rings. The highest BCUT2D eigenvalue weighted by molar-refractivity contribution is 7.90. The summed E-state index contributed by atoms with van der Waals surface area (Å²) in [6.07, 6.45) is 2.81. The predicted molar refractivity (Wildman–Crippen MR) is 74.8 cm³/mol. The Kier molecular flexibility index (Phi) is 5.50. The van der Waals surface area contributed by atoms with Gasteiger partial charge in [-0.1, -0.05) is 0 Å². The molecule has 6 heteroatoms. The highest BCUT2D eigenvalue weighted by Gasteiger charge is 2.11. The van der Waals surface area contributed by atoms with Gasteiger partial charge in [0, 0.05) is 17.9 Å². The summed E-state index contributed by atoms with van der Waals surface area (Å²) in [5, 5.41) is 2.85. The van der Waals surface area contributed by atoms with E-state index in [-0.39, 0.29) is 16.8 Å². The van der Waals surface area contributed by atoms with E-state index < -0.39 is 9.84 Å². The Hall–Kier alpha value is -1.40. The third-order valence-corrected chi connectivity index (χ3v) is 3.89. The second kappa shape index (κ2) is 6.68. The molecular weight excluding hydrogens is 264 g/mol. The van der Waals surface area contributed by atoms with Crippen molar-refractivity contribution >= 4 is 15.7 Å². The maximum absolute atomic E-state index is 11.9. The fourth-order valence-corrected chi connectivity index (χ4v) is 2.29. The van der Waals surface area contributed by atoms with Crippen LogP contribution in [-0.2, 0) is 9.84 Å². The lowest BCUT2D eigenvalue weighted by Gasteiger charge is -2.13. The number of rotatable bonds is 6. The Morgan fingerprint density at radius 1 is 1.32 bits per heavy atom. The van der Waals surface area contributed by atoms with Crippen molar-refractivity contribution in [2.45, 2.75) is 30.7 Å². The summed E-state index contributed by atoms with van der Waals surface area (Å²) in [4.78, 5) is 12.1. The summed E-state index contributed by atoms with van der Waals surface area (Å²) >= 11 is 0. The molecule has 0 aliphatic heterocycles. The Bertz CT molecular complexity index is 523. The molecule has 19 heavy (non-hydrogen) atoms. The van der Waals surface area contributed by atoms with Gasteiger partial charge in [0.05, 0.1) is 4.90 Å². The van der Waals surface area contributed by atoms with Crippen molar-refractivity contribution in [2.24, 2.45) is 5.73 Å². The van der Waals surface area contributed by atoms with E-state index in [9.17, 15) is 13.2 Å². The van der Waals surface area contributed by atoms with E-state index in [0.717, 1.165) is 19.1 Å². The van der Waals surface area contributed by atoms with E-state index >= 15 is 0 Å². The molecule has 0 aliphatic rings. The van der Waals surface area contributed by atoms with E-state index in [1.165, 1.54) is 24.3 Å². The first-order chi connectivity index (χ1) is 8.84. The minimum Gasteiger partial charge on any atom is -0.350 e. The van der Waals surface area contributed by atoms with Gasteiger partial charge in [0.2, 0.25) is 0 Å². The molecule has 1 aromatic carbocycles. The number of sulfone groups is 1. The van der Waals surface area contributed by atoms with E-state index in [4.69, 9.17) is 5.73 Å². The summed E-state index contributed by atoms with van der Waals surface area (Å²) in [6.45, 7) is 2.52. The van der Waals surface area contributed by atoms with Crippen LogP contribution in [0.3, 0.4) is 0 Å². The van der Waals surface area contributed by atoms with Crippen LogP contribution in [0.4, 0.5) is 0 Å². The Labute approximate surface area is 114 Å². The van der Waals surface area contributed by atoms with Gasteiger partial charge >= 0.3 is 0 Å². The van der Waals surface area contributed by atoms with Crippen LogP contribution in [0.1, 0.15) is 30.1 Å². The molecule has 0 saturated carbocycles. The van der Waals surface area contributed by atoms with Crippen LogP contribution in [0, 0.1) is 0 Å². The molecule has 0 fully saturated rings. The Balaban J connectivity index is 2.68. The van der Waals surface area contributed by atoms with Gasteiger partial charge in [0.25, 0.3) is 5.91 Å². The number of nitrogens with one attached hydrogen (secondary N) is 1. The van der Waals surface area contributed by atoms with Gasteiger partial charge in [-0.25, -0.2) is 8.42 Å². The second-order valence-electron chi connectivity index (χ2n) is 4.60. The topological polar surface area (TPSA) is 89.3 Å². The van der Waals surface area contributed by atoms with Gasteiger partial charge in [0.15, 0.2) is 9.84 Å². The smallest absolute Gasteiger partial charge is 0.251 e. The SMILES string of the molecule is CC(CCCN)NC(=O)c1ccc(S(C)(=O)=O)cc1. The first-order valence-corrected chi connectivity index (χ1v) is 8.05. The number of hydrogen-bond donors (Lipinski definition) is 2. The standard InChI is InChI=1S/C13H20N2O3S/c1-10(4-3-9-14)15-13(16)11-5-7-12(8-6-11)19(2,17)18/h5-8,10H,3-4,9,14H2,1-2H3,(H,15,16). The van der Waals surface area contributed by atoms with Crippen molar-refractivity contribution in [1.82, 2.24) is 5.32 Å². The number of carbonyl (C=O) groups excluding carboxylic acids is 1. The number of amides is 1. The number of benzene rings is 1. The fourth-order valence-electron chi connectivity index (χ4n) is 1.66. The average Bonchev–Trinajstić information content (AvgIpc) is 2.35. The van der Waals surface area contributed by atoms with Crippen molar-refractivity contribution in [2.75, 3.05) is 12.8 Å². The predicted octanol–water partition coefficient (Wildman–Crippen LogP) is 0.947. The molecule has 0 spiro atoms. The van der Waals surface area contributed by atoms with Gasteiger partial charge < -0.3 is 11.1 Å². The third-order valence-electron chi connectivity index (χ3n) is 2.76. The van der Waals surface area contributed by atoms with E-state index in [2.05, 4.69) is 5.32 Å². The van der Waals surface area contributed by atoms with Crippen molar-refractivity contribution in [3.63, 3.8) is 0 Å². The monoisotopic (exact) mass is 284 g/mol. The lowest BCUT2D eigenvalue weighted by Crippen LogP contribution is -2.32. The normalized spacial score (nSPS) is 13.0. The zero-order valence-corrected chi connectivity index (χ0v) is 12.0. The summed E-state index contributed by atoms with van der Waals surface area (Å²) in [5.41, 5.74) is 5.86. The van der Waals surface area contributed by atoms with Gasteiger partial charge in [0.1, 0.15) is 0 Å². The van der Waals surface area contributed by atoms with E-state index in [1.54, 1.807) is 0 Å². The fraction of sp³-hybridized carbons (Fsp3) is 0.462. The molecule has 0 aliphatic carbocycles. The zero-order chi connectivity index (χ0) is 14.5. The van der Waals surface area contributed by atoms with Crippen molar-refractivity contribution in [1.29, 1.82) is 0 Å². The Morgan fingerprint density at radius 3 is 2.37 bits per heavy atom. The van der Waals surface area contributed by atoms with Crippen molar-refractivity contribution < 1.29 is 13.2 Å². The first-order valence-electron chi connectivity index (χ1n) is 6.15. The molecule has 1 rings (SSSR count). The van der Waals surface area contributed by atoms with E-state index in [0.29, 0.717) is 12.1 Å². The minimum absolute atomic E-state index is 0.0469. The molecule has 3 N–H and O–H groups in total. The zero-order valence-electron chi connectivity index (χ0n) is 11.2. The second-order valence-corrected chi connectivity index (χ2v) is 6.62. The van der Waals surface area contributed by atoms with Gasteiger partial charge in [-0.2, -0.15) is 0 Å². The molecule has 1 amide bonds. The summed E-state index contributed by atoms with van der Waals surface area (Å²) in [7, 11) is -3.23. The minimum atomic E-state index is -3.23. The molecule has 1 unspecified atom stereocenters. The lowest BCUT2D eigenvalue weighted by molar-refractivity contribution is 0.0938. The molecule has 0 saturated heterocycles. The van der Waals surface area contributed by atoms with Crippen molar-refractivity contribution in [3.05, 3.63) is 29.8 Å². The molecular formula is C13H20N2O3S. The van der Waals surface area contributed by atoms with Crippen LogP contribution in [-0.4, -0.2) is 33.2 Å². The average molecular weight is 284 g/mol. The highest BCUT2D eigenvalue weighted by Crippen LogP contribution is 2.10. The molecule has 5 nitrogen and oxygen atoms in total. The van der Waals surface area contributed by atoms with E-state index in [1.807, 2.05) is 6.92 Å². The van der Waals surface area contributed by atoms with Crippen LogP contribution in [0.15, 0.2) is 29.2 Å². The summed E-state index contributed by atoms with van der Waals surface area (Å²) in [5.74, 6) is -0.204. The Morgan fingerprint density at radius 2 is 1.89 bits per heavy atom. The van der Waals surface area contributed by atoms with Crippen LogP contribution in [0.5, 0.6) is 0 Å². The van der Waals surface area contributed by atoms with Crippen molar-refractivity contribution in [3.8, 4) is 0 Å². The summed E-state index contributed by atoms with van der Waals surface area (Å²) in [6, 6.07) is 5.96. The van der Waals surface area contributed by atoms with Gasteiger partial charge in [-0.05, 0) is 50.6 Å². The molecule has 0 aromatic heterocycles. The van der Waals surface area contributed by atoms with Crippen LogP contribution in [0.2, 0.25) is 0 Å². The highest BCUT2D eigenvalue weighted by atomic mass is 32.2. The first kappa shape index (κ1) is 15.7. The van der Waals surface area contributed by atoms with Gasteiger partial charge in [-0.15, -0.1) is 0 Å². The molecule has 1 atom stereocenters. The third kappa shape index (κ3) is 5.00. The maximum atomic E-state index is 11.9.